The van der Waals surface area contributed by atoms with E-state index in [1.807, 2.05) is 20.8 Å². The molecule has 1 fully saturated rings. The summed E-state index contributed by atoms with van der Waals surface area (Å²) in [6.07, 6.45) is 2.81. The molecule has 0 unspecified atom stereocenters. The first-order chi connectivity index (χ1) is 12.2. The van der Waals surface area contributed by atoms with Gasteiger partial charge in [-0.1, -0.05) is 0 Å². The lowest BCUT2D eigenvalue weighted by Gasteiger charge is -2.33. The number of nitrogens with one attached hydrogen (secondary N) is 1. The van der Waals surface area contributed by atoms with Crippen LogP contribution >= 0.6 is 0 Å². The standard InChI is InChI=1S/C19H24FN3O3/c1-19(2,3)26-18(25)22-10-8-15(9-11-22)23-12-16(21-17(23)24)13-4-6-14(20)7-5-13/h4-7,12,15H,8-11H2,1-3H3,(H,21,24). The van der Waals surface area contributed by atoms with Gasteiger partial charge in [0.05, 0.1) is 5.69 Å². The summed E-state index contributed by atoms with van der Waals surface area (Å²) in [6, 6.07) is 6.02. The highest BCUT2D eigenvalue weighted by atomic mass is 19.1. The Morgan fingerprint density at radius 1 is 1.19 bits per heavy atom. The number of hydrogen-bond acceptors (Lipinski definition) is 3. The second-order valence-corrected chi connectivity index (χ2v) is 7.59. The summed E-state index contributed by atoms with van der Waals surface area (Å²) in [5, 5.41) is 0. The van der Waals surface area contributed by atoms with Gasteiger partial charge in [-0.3, -0.25) is 4.57 Å². The predicted molar refractivity (Wildman–Crippen MR) is 96.5 cm³/mol. The second-order valence-electron chi connectivity index (χ2n) is 7.59. The predicted octanol–water partition coefficient (Wildman–Crippen LogP) is 3.55. The molecule has 0 spiro atoms. The van der Waals surface area contributed by atoms with E-state index in [2.05, 4.69) is 4.98 Å². The average molecular weight is 361 g/mol. The van der Waals surface area contributed by atoms with Crippen molar-refractivity contribution in [2.45, 2.75) is 45.3 Å². The van der Waals surface area contributed by atoms with Crippen molar-refractivity contribution in [3.63, 3.8) is 0 Å². The lowest BCUT2D eigenvalue weighted by atomic mass is 10.1. The van der Waals surface area contributed by atoms with Gasteiger partial charge >= 0.3 is 11.8 Å². The molecule has 0 saturated carbocycles. The molecule has 1 aromatic carbocycles. The van der Waals surface area contributed by atoms with Crippen molar-refractivity contribution >= 4 is 6.09 Å². The lowest BCUT2D eigenvalue weighted by molar-refractivity contribution is 0.0187. The molecule has 0 aliphatic carbocycles. The van der Waals surface area contributed by atoms with Crippen LogP contribution in [0.1, 0.15) is 39.7 Å². The zero-order chi connectivity index (χ0) is 18.9. The number of carbonyl (C=O) groups is 1. The number of piperidine rings is 1. The first-order valence-corrected chi connectivity index (χ1v) is 8.78. The van der Waals surface area contributed by atoms with Crippen LogP contribution in [0.3, 0.4) is 0 Å². The van der Waals surface area contributed by atoms with E-state index in [0.29, 0.717) is 31.6 Å². The quantitative estimate of drug-likeness (QED) is 0.889. The number of nitrogens with zero attached hydrogens (tertiary/aromatic N) is 2. The fourth-order valence-electron chi connectivity index (χ4n) is 3.11. The molecule has 0 bridgehead atoms. The van der Waals surface area contributed by atoms with Crippen molar-refractivity contribution in [3.8, 4) is 11.3 Å². The first-order valence-electron chi connectivity index (χ1n) is 8.78. The molecule has 2 heterocycles. The van der Waals surface area contributed by atoms with Gasteiger partial charge in [0.25, 0.3) is 0 Å². The number of hydrogen-bond donors (Lipinski definition) is 1. The Morgan fingerprint density at radius 3 is 2.38 bits per heavy atom. The average Bonchev–Trinajstić information content (AvgIpc) is 2.96. The highest BCUT2D eigenvalue weighted by molar-refractivity contribution is 5.68. The molecular formula is C19H24FN3O3. The summed E-state index contributed by atoms with van der Waals surface area (Å²) in [4.78, 5) is 29.0. The van der Waals surface area contributed by atoms with E-state index in [0.717, 1.165) is 5.56 Å². The van der Waals surface area contributed by atoms with Gasteiger partial charge in [-0.25, -0.2) is 14.0 Å². The number of aromatic nitrogens is 2. The van der Waals surface area contributed by atoms with E-state index in [-0.39, 0.29) is 23.6 Å². The Kier molecular flexibility index (Phi) is 4.89. The second kappa shape index (κ2) is 6.97. The Morgan fingerprint density at radius 2 is 1.81 bits per heavy atom. The van der Waals surface area contributed by atoms with Gasteiger partial charge in [-0.05, 0) is 63.4 Å². The van der Waals surface area contributed by atoms with Crippen LogP contribution in [-0.2, 0) is 4.74 Å². The van der Waals surface area contributed by atoms with Crippen LogP contribution in [0.25, 0.3) is 11.3 Å². The molecule has 1 N–H and O–H groups in total. The van der Waals surface area contributed by atoms with E-state index in [4.69, 9.17) is 4.74 Å². The van der Waals surface area contributed by atoms with Gasteiger partial charge in [0, 0.05) is 25.3 Å². The summed E-state index contributed by atoms with van der Waals surface area (Å²) in [5.74, 6) is -0.315. The number of H-pyrrole nitrogens is 1. The van der Waals surface area contributed by atoms with Gasteiger partial charge in [0.15, 0.2) is 0 Å². The number of halogens is 1. The summed E-state index contributed by atoms with van der Waals surface area (Å²) in [5.41, 5.74) is 0.702. The SMILES string of the molecule is CC(C)(C)OC(=O)N1CCC(n2cc(-c3ccc(F)cc3)[nH]c2=O)CC1. The molecule has 6 nitrogen and oxygen atoms in total. The number of aromatic amines is 1. The summed E-state index contributed by atoms with van der Waals surface area (Å²) >= 11 is 0. The third-order valence-corrected chi connectivity index (χ3v) is 4.41. The molecule has 1 aliphatic heterocycles. The van der Waals surface area contributed by atoms with E-state index in [1.54, 1.807) is 27.8 Å². The van der Waals surface area contributed by atoms with Crippen LogP contribution < -0.4 is 5.69 Å². The molecule has 1 saturated heterocycles. The summed E-state index contributed by atoms with van der Waals surface area (Å²) in [6.45, 7) is 6.61. The maximum absolute atomic E-state index is 13.1. The van der Waals surface area contributed by atoms with Crippen molar-refractivity contribution in [1.82, 2.24) is 14.5 Å². The van der Waals surface area contributed by atoms with Crippen LogP contribution in [-0.4, -0.2) is 39.2 Å². The molecule has 26 heavy (non-hydrogen) atoms. The Labute approximate surface area is 151 Å². The maximum atomic E-state index is 13.1. The number of amides is 1. The van der Waals surface area contributed by atoms with Crippen molar-refractivity contribution in [2.75, 3.05) is 13.1 Å². The van der Waals surface area contributed by atoms with Crippen LogP contribution in [0.5, 0.6) is 0 Å². The maximum Gasteiger partial charge on any atom is 0.410 e. The Hall–Kier alpha value is -2.57. The minimum Gasteiger partial charge on any atom is -0.444 e. The normalized spacial score (nSPS) is 15.9. The van der Waals surface area contributed by atoms with E-state index in [1.165, 1.54) is 12.1 Å². The zero-order valence-electron chi connectivity index (χ0n) is 15.3. The zero-order valence-corrected chi connectivity index (χ0v) is 15.3. The molecular weight excluding hydrogens is 337 g/mol. The highest BCUT2D eigenvalue weighted by Gasteiger charge is 2.28. The number of rotatable bonds is 2. The molecule has 3 rings (SSSR count). The topological polar surface area (TPSA) is 67.3 Å². The van der Waals surface area contributed by atoms with Crippen LogP contribution in [0.4, 0.5) is 9.18 Å². The van der Waals surface area contributed by atoms with E-state index in [9.17, 15) is 14.0 Å². The van der Waals surface area contributed by atoms with Gasteiger partial charge in [0.1, 0.15) is 11.4 Å². The van der Waals surface area contributed by atoms with Gasteiger partial charge in [0.2, 0.25) is 0 Å². The summed E-state index contributed by atoms with van der Waals surface area (Å²) in [7, 11) is 0. The third kappa shape index (κ3) is 4.15. The van der Waals surface area contributed by atoms with Crippen molar-refractivity contribution < 1.29 is 13.9 Å². The smallest absolute Gasteiger partial charge is 0.410 e. The molecule has 140 valence electrons. The fourth-order valence-corrected chi connectivity index (χ4v) is 3.11. The monoisotopic (exact) mass is 361 g/mol. The summed E-state index contributed by atoms with van der Waals surface area (Å²) < 4.78 is 20.1. The van der Waals surface area contributed by atoms with Gasteiger partial charge in [-0.15, -0.1) is 0 Å². The number of benzene rings is 1. The van der Waals surface area contributed by atoms with Crippen molar-refractivity contribution in [2.24, 2.45) is 0 Å². The lowest BCUT2D eigenvalue weighted by Crippen LogP contribution is -2.42. The molecule has 1 aromatic heterocycles. The van der Waals surface area contributed by atoms with Crippen molar-refractivity contribution in [3.05, 3.63) is 46.8 Å². The van der Waals surface area contributed by atoms with Crippen LogP contribution in [0.15, 0.2) is 35.3 Å². The minimum absolute atomic E-state index is 0.0200. The van der Waals surface area contributed by atoms with Gasteiger partial charge in [-0.2, -0.15) is 0 Å². The number of likely N-dealkylation sites (tertiary alicyclic amines) is 1. The van der Waals surface area contributed by atoms with Crippen LogP contribution in [0, 0.1) is 5.82 Å². The number of ether oxygens (including phenoxy) is 1. The molecule has 0 atom stereocenters. The molecule has 7 heteroatoms. The number of carbonyl (C=O) groups excluding carboxylic acids is 1. The first kappa shape index (κ1) is 18.2. The minimum atomic E-state index is -0.518. The third-order valence-electron chi connectivity index (χ3n) is 4.41. The Balaban J connectivity index is 1.67. The van der Waals surface area contributed by atoms with Crippen molar-refractivity contribution in [1.29, 1.82) is 0 Å². The highest BCUT2D eigenvalue weighted by Crippen LogP contribution is 2.25. The van der Waals surface area contributed by atoms with E-state index < -0.39 is 5.60 Å². The Bertz CT molecular complexity index is 825. The molecule has 1 aliphatic rings. The van der Waals surface area contributed by atoms with Crippen LogP contribution in [0.2, 0.25) is 0 Å². The largest absolute Gasteiger partial charge is 0.444 e. The van der Waals surface area contributed by atoms with Gasteiger partial charge < -0.3 is 14.6 Å². The fraction of sp³-hybridized carbons (Fsp3) is 0.474. The number of imidazole rings is 1. The molecule has 0 radical (unpaired) electrons. The molecule has 2 aromatic rings. The molecule has 1 amide bonds. The van der Waals surface area contributed by atoms with E-state index >= 15 is 0 Å².